The number of carboxylic acid groups (broad SMARTS) is 1. The summed E-state index contributed by atoms with van der Waals surface area (Å²) in [6.07, 6.45) is 1.98. The minimum atomic E-state index is -1.05. The van der Waals surface area contributed by atoms with E-state index in [-0.39, 0.29) is 11.8 Å². The van der Waals surface area contributed by atoms with Gasteiger partial charge in [0.25, 0.3) is 0 Å². The Morgan fingerprint density at radius 2 is 1.74 bits per heavy atom. The van der Waals surface area contributed by atoms with Crippen molar-refractivity contribution in [2.75, 3.05) is 0 Å². The van der Waals surface area contributed by atoms with Crippen LogP contribution in [0, 0.1) is 5.92 Å². The van der Waals surface area contributed by atoms with E-state index in [0.717, 1.165) is 12.8 Å². The van der Waals surface area contributed by atoms with Gasteiger partial charge in [-0.3, -0.25) is 9.59 Å². The fraction of sp³-hybridized carbons (Fsp3) is 0.769. The maximum atomic E-state index is 12.0. The third kappa shape index (κ3) is 6.79. The number of hydrogen-bond donors (Lipinski definition) is 3. The molecule has 6 heteroatoms. The van der Waals surface area contributed by atoms with Crippen LogP contribution < -0.4 is 10.6 Å². The molecule has 19 heavy (non-hydrogen) atoms. The van der Waals surface area contributed by atoms with Crippen LogP contribution in [0.2, 0.25) is 0 Å². The minimum absolute atomic E-state index is 0.107. The van der Waals surface area contributed by atoms with E-state index in [1.54, 1.807) is 13.8 Å². The van der Waals surface area contributed by atoms with Gasteiger partial charge in [-0.2, -0.15) is 0 Å². The van der Waals surface area contributed by atoms with Gasteiger partial charge in [-0.05, 0) is 12.3 Å². The number of carbonyl (C=O) groups excluding carboxylic acids is 2. The number of amides is 2. The number of rotatable bonds is 8. The maximum absolute atomic E-state index is 12.0. The first kappa shape index (κ1) is 17.4. The maximum Gasteiger partial charge on any atom is 0.326 e. The van der Waals surface area contributed by atoms with Crippen LogP contribution in [0.15, 0.2) is 0 Å². The Kier molecular flexibility index (Phi) is 7.79. The van der Waals surface area contributed by atoms with Crippen LogP contribution in [0.3, 0.4) is 0 Å². The Hall–Kier alpha value is -1.59. The molecule has 0 aliphatic rings. The van der Waals surface area contributed by atoms with Gasteiger partial charge >= 0.3 is 5.97 Å². The Balaban J connectivity index is 4.65. The van der Waals surface area contributed by atoms with E-state index < -0.39 is 24.0 Å². The van der Waals surface area contributed by atoms with Crippen molar-refractivity contribution in [3.05, 3.63) is 0 Å². The van der Waals surface area contributed by atoms with E-state index >= 15 is 0 Å². The highest BCUT2D eigenvalue weighted by atomic mass is 16.4. The molecule has 0 bridgehead atoms. The zero-order chi connectivity index (χ0) is 15.0. The van der Waals surface area contributed by atoms with E-state index in [9.17, 15) is 14.4 Å². The van der Waals surface area contributed by atoms with E-state index in [1.165, 1.54) is 6.92 Å². The summed E-state index contributed by atoms with van der Waals surface area (Å²) in [6, 6.07) is -1.61. The van der Waals surface area contributed by atoms with Gasteiger partial charge in [-0.25, -0.2) is 4.79 Å². The standard InChI is InChI=1S/C13H24N2O4/c1-5-6-7-10(13(18)19)15-12(17)11(8(2)3)14-9(4)16/h8,10-11H,5-7H2,1-4H3,(H,14,16)(H,15,17)(H,18,19). The number of aliphatic carboxylic acids is 1. The summed E-state index contributed by atoms with van der Waals surface area (Å²) in [4.78, 5) is 34.1. The van der Waals surface area contributed by atoms with Crippen molar-refractivity contribution in [1.29, 1.82) is 0 Å². The highest BCUT2D eigenvalue weighted by molar-refractivity contribution is 5.90. The van der Waals surface area contributed by atoms with Crippen molar-refractivity contribution in [2.45, 2.75) is 59.0 Å². The van der Waals surface area contributed by atoms with Gasteiger partial charge in [0.05, 0.1) is 0 Å². The zero-order valence-corrected chi connectivity index (χ0v) is 12.0. The summed E-state index contributed by atoms with van der Waals surface area (Å²) in [5.41, 5.74) is 0. The molecule has 0 heterocycles. The van der Waals surface area contributed by atoms with Gasteiger partial charge < -0.3 is 15.7 Å². The highest BCUT2D eigenvalue weighted by Crippen LogP contribution is 2.05. The number of nitrogens with one attached hydrogen (secondary N) is 2. The molecule has 110 valence electrons. The molecule has 0 aromatic rings. The first-order valence-corrected chi connectivity index (χ1v) is 6.59. The lowest BCUT2D eigenvalue weighted by Gasteiger charge is -2.23. The number of carboxylic acids is 1. The Morgan fingerprint density at radius 3 is 2.11 bits per heavy atom. The van der Waals surface area contributed by atoms with E-state index in [1.807, 2.05) is 6.92 Å². The van der Waals surface area contributed by atoms with E-state index in [4.69, 9.17) is 5.11 Å². The van der Waals surface area contributed by atoms with Crippen molar-refractivity contribution >= 4 is 17.8 Å². The number of carbonyl (C=O) groups is 3. The second kappa shape index (κ2) is 8.50. The molecule has 3 N–H and O–H groups in total. The van der Waals surface area contributed by atoms with Gasteiger partial charge in [-0.1, -0.05) is 33.6 Å². The first-order valence-electron chi connectivity index (χ1n) is 6.59. The zero-order valence-electron chi connectivity index (χ0n) is 12.0. The third-order valence-corrected chi connectivity index (χ3v) is 2.77. The molecule has 0 saturated carbocycles. The normalized spacial score (nSPS) is 13.7. The molecule has 0 spiro atoms. The van der Waals surface area contributed by atoms with E-state index in [0.29, 0.717) is 6.42 Å². The van der Waals surface area contributed by atoms with Gasteiger partial charge in [0.15, 0.2) is 0 Å². The van der Waals surface area contributed by atoms with Crippen LogP contribution >= 0.6 is 0 Å². The van der Waals surface area contributed by atoms with Crippen LogP contribution in [0.25, 0.3) is 0 Å². The van der Waals surface area contributed by atoms with Gasteiger partial charge in [0, 0.05) is 6.92 Å². The van der Waals surface area contributed by atoms with Gasteiger partial charge in [0.2, 0.25) is 11.8 Å². The van der Waals surface area contributed by atoms with Crippen molar-refractivity contribution in [3.8, 4) is 0 Å². The SMILES string of the molecule is CCCCC(NC(=O)C(NC(C)=O)C(C)C)C(=O)O. The average Bonchev–Trinajstić information content (AvgIpc) is 2.30. The summed E-state index contributed by atoms with van der Waals surface area (Å²) in [5, 5.41) is 14.1. The van der Waals surface area contributed by atoms with Gasteiger partial charge in [-0.15, -0.1) is 0 Å². The summed E-state index contributed by atoms with van der Waals surface area (Å²) >= 11 is 0. The molecule has 0 fully saturated rings. The predicted molar refractivity (Wildman–Crippen MR) is 71.5 cm³/mol. The lowest BCUT2D eigenvalue weighted by molar-refractivity contribution is -0.142. The molecular formula is C13H24N2O4. The molecule has 0 rings (SSSR count). The van der Waals surface area contributed by atoms with Crippen molar-refractivity contribution in [1.82, 2.24) is 10.6 Å². The topological polar surface area (TPSA) is 95.5 Å². The number of hydrogen-bond acceptors (Lipinski definition) is 3. The van der Waals surface area contributed by atoms with Crippen LogP contribution in [-0.4, -0.2) is 35.0 Å². The molecule has 6 nitrogen and oxygen atoms in total. The molecule has 2 amide bonds. The molecule has 0 radical (unpaired) electrons. The summed E-state index contributed by atoms with van der Waals surface area (Å²) < 4.78 is 0. The van der Waals surface area contributed by atoms with Crippen LogP contribution in [0.1, 0.15) is 47.0 Å². The largest absolute Gasteiger partial charge is 0.480 e. The van der Waals surface area contributed by atoms with Crippen molar-refractivity contribution in [3.63, 3.8) is 0 Å². The molecular weight excluding hydrogens is 248 g/mol. The van der Waals surface area contributed by atoms with Crippen molar-refractivity contribution in [2.24, 2.45) is 5.92 Å². The molecule has 2 atom stereocenters. The molecule has 2 unspecified atom stereocenters. The quantitative estimate of drug-likeness (QED) is 0.612. The average molecular weight is 272 g/mol. The second-order valence-corrected chi connectivity index (χ2v) is 4.96. The van der Waals surface area contributed by atoms with E-state index in [2.05, 4.69) is 10.6 Å². The summed E-state index contributed by atoms with van der Waals surface area (Å²) in [5.74, 6) is -1.92. The Bertz CT molecular complexity index is 329. The third-order valence-electron chi connectivity index (χ3n) is 2.77. The monoisotopic (exact) mass is 272 g/mol. The fourth-order valence-corrected chi connectivity index (χ4v) is 1.68. The molecule has 0 aromatic carbocycles. The lowest BCUT2D eigenvalue weighted by atomic mass is 10.0. The summed E-state index contributed by atoms with van der Waals surface area (Å²) in [7, 11) is 0. The Labute approximate surface area is 113 Å². The van der Waals surface area contributed by atoms with Crippen LogP contribution in [0.4, 0.5) is 0 Å². The predicted octanol–water partition coefficient (Wildman–Crippen LogP) is 0.907. The molecule has 0 aromatic heterocycles. The Morgan fingerprint density at radius 1 is 1.16 bits per heavy atom. The molecule has 0 saturated heterocycles. The van der Waals surface area contributed by atoms with Crippen molar-refractivity contribution < 1.29 is 19.5 Å². The van der Waals surface area contributed by atoms with Crippen LogP contribution in [0.5, 0.6) is 0 Å². The molecule has 0 aliphatic carbocycles. The van der Waals surface area contributed by atoms with Crippen LogP contribution in [-0.2, 0) is 14.4 Å². The number of unbranched alkanes of at least 4 members (excludes halogenated alkanes) is 1. The van der Waals surface area contributed by atoms with Gasteiger partial charge in [0.1, 0.15) is 12.1 Å². The highest BCUT2D eigenvalue weighted by Gasteiger charge is 2.27. The summed E-state index contributed by atoms with van der Waals surface area (Å²) in [6.45, 7) is 6.87. The molecule has 0 aliphatic heterocycles. The first-order chi connectivity index (χ1) is 8.79. The minimum Gasteiger partial charge on any atom is -0.480 e. The smallest absolute Gasteiger partial charge is 0.326 e. The lowest BCUT2D eigenvalue weighted by Crippen LogP contribution is -2.53. The second-order valence-electron chi connectivity index (χ2n) is 4.96. The fourth-order valence-electron chi connectivity index (χ4n) is 1.68.